The first-order valence-corrected chi connectivity index (χ1v) is 6.91. The Hall–Kier alpha value is -1.25. The van der Waals surface area contributed by atoms with Gasteiger partial charge in [0.1, 0.15) is 11.9 Å². The molecule has 0 radical (unpaired) electrons. The summed E-state index contributed by atoms with van der Waals surface area (Å²) in [5.74, 6) is 2.82. The Morgan fingerprint density at radius 1 is 1.28 bits per heavy atom. The molecule has 0 N–H and O–H groups in total. The van der Waals surface area contributed by atoms with Crippen LogP contribution in [0.4, 0.5) is 0 Å². The van der Waals surface area contributed by atoms with E-state index in [0.29, 0.717) is 11.8 Å². The summed E-state index contributed by atoms with van der Waals surface area (Å²) in [5.41, 5.74) is 0. The van der Waals surface area contributed by atoms with E-state index in [9.17, 15) is 5.21 Å². The summed E-state index contributed by atoms with van der Waals surface area (Å²) < 4.78 is 6.89. The van der Waals surface area contributed by atoms with Gasteiger partial charge in [-0.15, -0.1) is 0 Å². The molecule has 1 fully saturated rings. The van der Waals surface area contributed by atoms with E-state index in [4.69, 9.17) is 4.74 Å². The summed E-state index contributed by atoms with van der Waals surface area (Å²) in [4.78, 5) is 0. The van der Waals surface area contributed by atoms with E-state index in [1.807, 2.05) is 0 Å². The van der Waals surface area contributed by atoms with Crippen LogP contribution in [0.1, 0.15) is 40.0 Å². The minimum atomic E-state index is 0.288. The average Bonchev–Trinajstić information content (AvgIpc) is 2.32. The summed E-state index contributed by atoms with van der Waals surface area (Å²) in [6.45, 7) is 6.84. The van der Waals surface area contributed by atoms with Crippen molar-refractivity contribution in [3.05, 3.63) is 29.7 Å². The van der Waals surface area contributed by atoms with Crippen molar-refractivity contribution in [3.8, 4) is 5.75 Å². The minimum Gasteiger partial charge on any atom is -0.619 e. The molecule has 3 unspecified atom stereocenters. The first-order valence-electron chi connectivity index (χ1n) is 6.91. The van der Waals surface area contributed by atoms with Gasteiger partial charge in [0.05, 0.1) is 0 Å². The predicted molar refractivity (Wildman–Crippen MR) is 71.2 cm³/mol. The Morgan fingerprint density at radius 2 is 1.94 bits per heavy atom. The molecule has 0 bridgehead atoms. The van der Waals surface area contributed by atoms with Crippen molar-refractivity contribution in [2.75, 3.05) is 0 Å². The van der Waals surface area contributed by atoms with Crippen molar-refractivity contribution in [1.29, 1.82) is 0 Å². The van der Waals surface area contributed by atoms with Crippen LogP contribution in [-0.2, 0) is 0 Å². The molecule has 3 atom stereocenters. The van der Waals surface area contributed by atoms with E-state index >= 15 is 0 Å². The Balaban J connectivity index is 2.06. The van der Waals surface area contributed by atoms with Gasteiger partial charge in [-0.3, -0.25) is 0 Å². The maximum Gasteiger partial charge on any atom is 0.184 e. The van der Waals surface area contributed by atoms with Crippen molar-refractivity contribution in [1.82, 2.24) is 0 Å². The topological polar surface area (TPSA) is 36.2 Å². The third-order valence-electron chi connectivity index (χ3n) is 4.02. The summed E-state index contributed by atoms with van der Waals surface area (Å²) >= 11 is 0. The molecule has 3 nitrogen and oxygen atoms in total. The summed E-state index contributed by atoms with van der Waals surface area (Å²) in [7, 11) is 0. The van der Waals surface area contributed by atoms with E-state index in [1.165, 1.54) is 25.2 Å². The number of hydrogen-bond acceptors (Lipinski definition) is 2. The molecule has 1 aliphatic rings. The molecule has 2 rings (SSSR count). The molecule has 18 heavy (non-hydrogen) atoms. The summed E-state index contributed by atoms with van der Waals surface area (Å²) in [5, 5.41) is 11.0. The molecule has 1 saturated carbocycles. The van der Waals surface area contributed by atoms with Crippen molar-refractivity contribution in [2.24, 2.45) is 17.8 Å². The monoisotopic (exact) mass is 249 g/mol. The number of rotatable bonds is 3. The summed E-state index contributed by atoms with van der Waals surface area (Å²) in [6, 6.07) is 3.51. The second-order valence-corrected chi connectivity index (χ2v) is 5.88. The molecule has 3 heteroatoms. The van der Waals surface area contributed by atoms with Gasteiger partial charge in [-0.05, 0) is 30.6 Å². The SMILES string of the molecule is CC1CCC(C(C)C)C(Oc2cc[n+]([O-])cc2)C1. The fourth-order valence-corrected chi connectivity index (χ4v) is 2.90. The van der Waals surface area contributed by atoms with Gasteiger partial charge in [0.2, 0.25) is 0 Å². The highest BCUT2D eigenvalue weighted by Crippen LogP contribution is 2.35. The maximum atomic E-state index is 11.0. The Morgan fingerprint density at radius 3 is 2.56 bits per heavy atom. The average molecular weight is 249 g/mol. The Bertz CT molecular complexity index is 375. The largest absolute Gasteiger partial charge is 0.619 e. The van der Waals surface area contributed by atoms with Crippen LogP contribution in [-0.4, -0.2) is 6.10 Å². The van der Waals surface area contributed by atoms with E-state index < -0.39 is 0 Å². The van der Waals surface area contributed by atoms with Gasteiger partial charge in [0.15, 0.2) is 12.4 Å². The number of pyridine rings is 1. The second-order valence-electron chi connectivity index (χ2n) is 5.88. The van der Waals surface area contributed by atoms with Crippen LogP contribution < -0.4 is 9.47 Å². The standard InChI is InChI=1S/C15H23NO2/c1-11(2)14-5-4-12(3)10-15(14)18-13-6-8-16(17)9-7-13/h6-9,11-12,14-15H,4-5,10H2,1-3H3. The number of hydrogen-bond donors (Lipinski definition) is 0. The lowest BCUT2D eigenvalue weighted by Gasteiger charge is -2.37. The van der Waals surface area contributed by atoms with Crippen LogP contribution in [0.2, 0.25) is 0 Å². The molecule has 0 saturated heterocycles. The van der Waals surface area contributed by atoms with Gasteiger partial charge in [0.25, 0.3) is 0 Å². The van der Waals surface area contributed by atoms with Crippen molar-refractivity contribution in [3.63, 3.8) is 0 Å². The molecule has 1 aromatic rings. The maximum absolute atomic E-state index is 11.0. The third-order valence-corrected chi connectivity index (χ3v) is 4.02. The van der Waals surface area contributed by atoms with E-state index in [1.54, 1.807) is 12.1 Å². The zero-order valence-corrected chi connectivity index (χ0v) is 11.5. The lowest BCUT2D eigenvalue weighted by molar-refractivity contribution is -0.605. The fourth-order valence-electron chi connectivity index (χ4n) is 2.90. The first-order chi connectivity index (χ1) is 8.56. The lowest BCUT2D eigenvalue weighted by atomic mass is 9.75. The van der Waals surface area contributed by atoms with Crippen LogP contribution in [0.3, 0.4) is 0 Å². The molecule has 0 amide bonds. The predicted octanol–water partition coefficient (Wildman–Crippen LogP) is 3.16. The highest BCUT2D eigenvalue weighted by Gasteiger charge is 2.32. The Kier molecular flexibility index (Phi) is 4.10. The molecule has 1 aromatic heterocycles. The van der Waals surface area contributed by atoms with E-state index in [-0.39, 0.29) is 6.10 Å². The lowest BCUT2D eigenvalue weighted by Crippen LogP contribution is -2.36. The molecule has 1 aliphatic carbocycles. The van der Waals surface area contributed by atoms with Crippen LogP contribution in [0.15, 0.2) is 24.5 Å². The molecule has 1 heterocycles. The van der Waals surface area contributed by atoms with E-state index in [2.05, 4.69) is 20.8 Å². The van der Waals surface area contributed by atoms with Gasteiger partial charge in [-0.25, -0.2) is 0 Å². The molecule has 0 aromatic carbocycles. The highest BCUT2D eigenvalue weighted by molar-refractivity contribution is 5.15. The van der Waals surface area contributed by atoms with Crippen LogP contribution in [0, 0.1) is 23.0 Å². The highest BCUT2D eigenvalue weighted by atomic mass is 16.5. The molecular formula is C15H23NO2. The third kappa shape index (κ3) is 3.15. The van der Waals surface area contributed by atoms with Gasteiger partial charge < -0.3 is 9.94 Å². The van der Waals surface area contributed by atoms with Crippen LogP contribution >= 0.6 is 0 Å². The zero-order valence-electron chi connectivity index (χ0n) is 11.5. The normalized spacial score (nSPS) is 28.3. The molecule has 0 spiro atoms. The molecular weight excluding hydrogens is 226 g/mol. The smallest absolute Gasteiger partial charge is 0.184 e. The van der Waals surface area contributed by atoms with Crippen molar-refractivity contribution in [2.45, 2.75) is 46.1 Å². The van der Waals surface area contributed by atoms with Crippen LogP contribution in [0.25, 0.3) is 0 Å². The van der Waals surface area contributed by atoms with Crippen molar-refractivity contribution >= 4 is 0 Å². The van der Waals surface area contributed by atoms with Gasteiger partial charge in [-0.2, -0.15) is 4.73 Å². The zero-order chi connectivity index (χ0) is 13.1. The van der Waals surface area contributed by atoms with Gasteiger partial charge in [-0.1, -0.05) is 27.2 Å². The van der Waals surface area contributed by atoms with Gasteiger partial charge >= 0.3 is 0 Å². The van der Waals surface area contributed by atoms with Gasteiger partial charge in [0, 0.05) is 12.1 Å². The number of ether oxygens (including phenoxy) is 1. The van der Waals surface area contributed by atoms with Crippen LogP contribution in [0.5, 0.6) is 5.75 Å². The molecule has 100 valence electrons. The summed E-state index contributed by atoms with van der Waals surface area (Å²) in [6.07, 6.45) is 6.94. The second kappa shape index (κ2) is 5.59. The number of nitrogens with zero attached hydrogens (tertiary/aromatic N) is 1. The first kappa shape index (κ1) is 13.2. The minimum absolute atomic E-state index is 0.288. The number of aromatic nitrogens is 1. The van der Waals surface area contributed by atoms with E-state index in [0.717, 1.165) is 22.8 Å². The fraction of sp³-hybridized carbons (Fsp3) is 0.667. The Labute approximate surface area is 109 Å². The van der Waals surface area contributed by atoms with Crippen molar-refractivity contribution < 1.29 is 9.47 Å². The molecule has 0 aliphatic heterocycles. The quantitative estimate of drug-likeness (QED) is 0.609.